The highest BCUT2D eigenvalue weighted by Gasteiger charge is 2.15. The molecule has 3 N–H and O–H groups in total. The van der Waals surface area contributed by atoms with Gasteiger partial charge in [0.2, 0.25) is 5.95 Å². The first-order chi connectivity index (χ1) is 9.04. The van der Waals surface area contributed by atoms with E-state index in [2.05, 4.69) is 46.6 Å². The van der Waals surface area contributed by atoms with E-state index < -0.39 is 0 Å². The summed E-state index contributed by atoms with van der Waals surface area (Å²) in [6.07, 6.45) is 1.02. The fourth-order valence-electron chi connectivity index (χ4n) is 1.89. The van der Waals surface area contributed by atoms with Crippen molar-refractivity contribution < 1.29 is 0 Å². The summed E-state index contributed by atoms with van der Waals surface area (Å²) in [5.41, 5.74) is 5.61. The molecule has 0 aliphatic rings. The zero-order chi connectivity index (χ0) is 13.8. The van der Waals surface area contributed by atoms with Crippen LogP contribution in [0.4, 0.5) is 11.8 Å². The molecule has 1 unspecified atom stereocenters. The van der Waals surface area contributed by atoms with Crippen LogP contribution in [-0.2, 0) is 0 Å². The molecular weight excluding hydrogens is 280 g/mol. The van der Waals surface area contributed by atoms with Crippen LogP contribution in [0.1, 0.15) is 31.2 Å². The highest BCUT2D eigenvalue weighted by molar-refractivity contribution is 7.10. The van der Waals surface area contributed by atoms with Gasteiger partial charge in [0.1, 0.15) is 11.0 Å². The van der Waals surface area contributed by atoms with E-state index in [1.54, 1.807) is 17.4 Å². The summed E-state index contributed by atoms with van der Waals surface area (Å²) < 4.78 is 0. The third-order valence-electron chi connectivity index (χ3n) is 2.63. The molecule has 2 heterocycles. The number of anilines is 2. The summed E-state index contributed by atoms with van der Waals surface area (Å²) in [5, 5.41) is 5.82. The maximum absolute atomic E-state index is 5.90. The van der Waals surface area contributed by atoms with Crippen molar-refractivity contribution >= 4 is 34.7 Å². The van der Waals surface area contributed by atoms with Crippen molar-refractivity contribution in [1.29, 1.82) is 0 Å². The average Bonchev–Trinajstić information content (AvgIpc) is 2.79. The predicted octanol–water partition coefficient (Wildman–Crippen LogP) is 3.97. The molecule has 0 radical (unpaired) electrons. The number of nitrogens with zero attached hydrogens (tertiary/aromatic N) is 2. The van der Waals surface area contributed by atoms with E-state index >= 15 is 0 Å². The first-order valence-corrected chi connectivity index (χ1v) is 7.40. The van der Waals surface area contributed by atoms with Crippen LogP contribution in [0.3, 0.4) is 0 Å². The average molecular weight is 297 g/mol. The third-order valence-corrected chi connectivity index (χ3v) is 3.81. The number of rotatable bonds is 5. The monoisotopic (exact) mass is 296 g/mol. The van der Waals surface area contributed by atoms with Crippen LogP contribution in [0.15, 0.2) is 23.6 Å². The predicted molar refractivity (Wildman–Crippen MR) is 81.6 cm³/mol. The van der Waals surface area contributed by atoms with Gasteiger partial charge in [-0.25, -0.2) is 4.98 Å². The van der Waals surface area contributed by atoms with Crippen molar-refractivity contribution in [3.63, 3.8) is 0 Å². The van der Waals surface area contributed by atoms with E-state index in [1.807, 2.05) is 0 Å². The molecule has 0 aliphatic carbocycles. The SMILES string of the molecule is CC(C)CC(Nc1cc(Cl)nc(N)n1)c1cccs1. The van der Waals surface area contributed by atoms with Crippen molar-refractivity contribution in [2.24, 2.45) is 5.92 Å². The van der Waals surface area contributed by atoms with Crippen LogP contribution in [0.25, 0.3) is 0 Å². The Morgan fingerprint density at radius 2 is 2.21 bits per heavy atom. The molecule has 102 valence electrons. The highest BCUT2D eigenvalue weighted by atomic mass is 35.5. The Morgan fingerprint density at radius 1 is 1.42 bits per heavy atom. The zero-order valence-electron chi connectivity index (χ0n) is 10.9. The Labute approximate surface area is 122 Å². The Morgan fingerprint density at radius 3 is 2.79 bits per heavy atom. The van der Waals surface area contributed by atoms with Gasteiger partial charge in [0.25, 0.3) is 0 Å². The normalized spacial score (nSPS) is 12.6. The molecule has 2 aromatic rings. The second kappa shape index (κ2) is 6.21. The van der Waals surface area contributed by atoms with Crippen molar-refractivity contribution in [2.75, 3.05) is 11.1 Å². The molecule has 2 aromatic heterocycles. The van der Waals surface area contributed by atoms with E-state index in [-0.39, 0.29) is 12.0 Å². The standard InChI is InChI=1S/C13H17ClN4S/c1-8(2)6-9(10-4-3-5-19-10)16-12-7-11(14)17-13(15)18-12/h3-5,7-9H,6H2,1-2H3,(H3,15,16,17,18). The first kappa shape index (κ1) is 14.1. The Bertz CT molecular complexity index is 507. The van der Waals surface area contributed by atoms with Crippen LogP contribution in [-0.4, -0.2) is 9.97 Å². The van der Waals surface area contributed by atoms with Crippen LogP contribution >= 0.6 is 22.9 Å². The lowest BCUT2D eigenvalue weighted by Gasteiger charge is -2.20. The Hall–Kier alpha value is -1.33. The minimum absolute atomic E-state index is 0.185. The van der Waals surface area contributed by atoms with Crippen LogP contribution in [0.2, 0.25) is 5.15 Å². The van der Waals surface area contributed by atoms with Gasteiger partial charge in [0.05, 0.1) is 6.04 Å². The highest BCUT2D eigenvalue weighted by Crippen LogP contribution is 2.29. The van der Waals surface area contributed by atoms with Gasteiger partial charge < -0.3 is 11.1 Å². The zero-order valence-corrected chi connectivity index (χ0v) is 12.5. The number of thiophene rings is 1. The van der Waals surface area contributed by atoms with E-state index in [0.717, 1.165) is 6.42 Å². The fourth-order valence-corrected chi connectivity index (χ4v) is 2.88. The molecular formula is C13H17ClN4S. The van der Waals surface area contributed by atoms with Gasteiger partial charge in [-0.2, -0.15) is 4.98 Å². The first-order valence-electron chi connectivity index (χ1n) is 6.14. The number of hydrogen-bond acceptors (Lipinski definition) is 5. The number of halogens is 1. The van der Waals surface area contributed by atoms with Gasteiger partial charge in [-0.1, -0.05) is 31.5 Å². The van der Waals surface area contributed by atoms with Crippen LogP contribution in [0.5, 0.6) is 0 Å². The largest absolute Gasteiger partial charge is 0.368 e. The summed E-state index contributed by atoms with van der Waals surface area (Å²) in [4.78, 5) is 9.31. The van der Waals surface area contributed by atoms with E-state index in [9.17, 15) is 0 Å². The lowest BCUT2D eigenvalue weighted by molar-refractivity contribution is 0.534. The molecule has 0 bridgehead atoms. The molecule has 0 spiro atoms. The molecule has 1 atom stereocenters. The van der Waals surface area contributed by atoms with Gasteiger partial charge in [0, 0.05) is 10.9 Å². The number of nitrogen functional groups attached to an aromatic ring is 1. The second-order valence-electron chi connectivity index (χ2n) is 4.78. The summed E-state index contributed by atoms with van der Waals surface area (Å²) in [5.74, 6) is 1.43. The minimum Gasteiger partial charge on any atom is -0.368 e. The topological polar surface area (TPSA) is 63.8 Å². The molecule has 0 fully saturated rings. The molecule has 4 nitrogen and oxygen atoms in total. The fraction of sp³-hybridized carbons (Fsp3) is 0.385. The van der Waals surface area contributed by atoms with Gasteiger partial charge >= 0.3 is 0 Å². The molecule has 0 amide bonds. The number of nitrogens with one attached hydrogen (secondary N) is 1. The van der Waals surface area contributed by atoms with E-state index in [1.165, 1.54) is 4.88 Å². The summed E-state index contributed by atoms with van der Waals surface area (Å²) >= 11 is 7.63. The van der Waals surface area contributed by atoms with Gasteiger partial charge in [-0.3, -0.25) is 0 Å². The lowest BCUT2D eigenvalue weighted by Crippen LogP contribution is -2.13. The number of hydrogen-bond donors (Lipinski definition) is 2. The molecule has 0 saturated heterocycles. The Balaban J connectivity index is 2.20. The maximum atomic E-state index is 5.90. The van der Waals surface area contributed by atoms with Crippen molar-refractivity contribution in [2.45, 2.75) is 26.3 Å². The van der Waals surface area contributed by atoms with E-state index in [0.29, 0.717) is 16.9 Å². The van der Waals surface area contributed by atoms with Crippen LogP contribution in [0, 0.1) is 5.92 Å². The third kappa shape index (κ3) is 4.08. The number of nitrogens with two attached hydrogens (primary N) is 1. The Kier molecular flexibility index (Phi) is 4.61. The molecule has 19 heavy (non-hydrogen) atoms. The quantitative estimate of drug-likeness (QED) is 0.819. The molecule has 0 aromatic carbocycles. The summed E-state index contributed by atoms with van der Waals surface area (Å²) in [6, 6.07) is 6.08. The molecule has 0 saturated carbocycles. The van der Waals surface area contributed by atoms with E-state index in [4.69, 9.17) is 17.3 Å². The van der Waals surface area contributed by atoms with Gasteiger partial charge in [-0.15, -0.1) is 11.3 Å². The summed E-state index contributed by atoms with van der Waals surface area (Å²) in [6.45, 7) is 4.40. The minimum atomic E-state index is 0.185. The van der Waals surface area contributed by atoms with Gasteiger partial charge in [0.15, 0.2) is 0 Å². The molecule has 6 heteroatoms. The summed E-state index contributed by atoms with van der Waals surface area (Å²) in [7, 11) is 0. The molecule has 2 rings (SSSR count). The molecule has 0 aliphatic heterocycles. The lowest BCUT2D eigenvalue weighted by atomic mass is 10.0. The maximum Gasteiger partial charge on any atom is 0.223 e. The number of aromatic nitrogens is 2. The second-order valence-corrected chi connectivity index (χ2v) is 6.14. The van der Waals surface area contributed by atoms with Crippen molar-refractivity contribution in [3.8, 4) is 0 Å². The van der Waals surface area contributed by atoms with Crippen LogP contribution < -0.4 is 11.1 Å². The van der Waals surface area contributed by atoms with Crippen molar-refractivity contribution in [1.82, 2.24) is 9.97 Å². The van der Waals surface area contributed by atoms with Gasteiger partial charge in [-0.05, 0) is 23.8 Å². The smallest absolute Gasteiger partial charge is 0.223 e. The van der Waals surface area contributed by atoms with Crippen molar-refractivity contribution in [3.05, 3.63) is 33.6 Å².